The average molecular weight is 432 g/mol. The first-order valence-corrected chi connectivity index (χ1v) is 10.3. The van der Waals surface area contributed by atoms with E-state index in [1.54, 1.807) is 11.0 Å². The Morgan fingerprint density at radius 2 is 1.83 bits per heavy atom. The molecule has 1 saturated heterocycles. The summed E-state index contributed by atoms with van der Waals surface area (Å²) in [5.74, 6) is -0.573. The van der Waals surface area contributed by atoms with Crippen LogP contribution in [0.2, 0.25) is 0 Å². The molecular formula is C18H19F3N2O5S. The summed E-state index contributed by atoms with van der Waals surface area (Å²) in [5.41, 5.74) is 0.474. The Balaban J connectivity index is 1.50. The van der Waals surface area contributed by atoms with E-state index in [-0.39, 0.29) is 23.3 Å². The van der Waals surface area contributed by atoms with Crippen LogP contribution in [0, 0.1) is 5.92 Å². The number of sulfonamides is 1. The van der Waals surface area contributed by atoms with Gasteiger partial charge >= 0.3 is 6.36 Å². The smallest absolute Gasteiger partial charge is 0.472 e. The highest BCUT2D eigenvalue weighted by molar-refractivity contribution is 7.89. The highest BCUT2D eigenvalue weighted by atomic mass is 32.2. The lowest BCUT2D eigenvalue weighted by atomic mass is 9.97. The molecule has 0 spiro atoms. The fraction of sp³-hybridized carbons (Fsp3) is 0.389. The topological polar surface area (TPSA) is 88.9 Å². The molecule has 1 aromatic heterocycles. The number of alkyl halides is 3. The van der Waals surface area contributed by atoms with Crippen LogP contribution >= 0.6 is 0 Å². The Morgan fingerprint density at radius 1 is 1.17 bits per heavy atom. The van der Waals surface area contributed by atoms with Gasteiger partial charge < -0.3 is 14.1 Å². The van der Waals surface area contributed by atoms with E-state index >= 15 is 0 Å². The second-order valence-electron chi connectivity index (χ2n) is 6.62. The lowest BCUT2D eigenvalue weighted by molar-refractivity contribution is -0.274. The molecule has 0 aliphatic carbocycles. The average Bonchev–Trinajstić information content (AvgIpc) is 3.20. The molecule has 0 bridgehead atoms. The molecule has 29 heavy (non-hydrogen) atoms. The van der Waals surface area contributed by atoms with Gasteiger partial charge in [-0.2, -0.15) is 0 Å². The van der Waals surface area contributed by atoms with E-state index < -0.39 is 22.1 Å². The number of halogens is 3. The minimum Gasteiger partial charge on any atom is -0.472 e. The van der Waals surface area contributed by atoms with Gasteiger partial charge in [-0.05, 0) is 49.1 Å². The highest BCUT2D eigenvalue weighted by Gasteiger charge is 2.31. The van der Waals surface area contributed by atoms with Gasteiger partial charge in [0.1, 0.15) is 12.0 Å². The van der Waals surface area contributed by atoms with Crippen molar-refractivity contribution < 1.29 is 35.5 Å². The molecule has 7 nitrogen and oxygen atoms in total. The van der Waals surface area contributed by atoms with Crippen molar-refractivity contribution in [1.82, 2.24) is 9.62 Å². The molecule has 0 saturated carbocycles. The van der Waals surface area contributed by atoms with Crippen molar-refractivity contribution in [3.63, 3.8) is 0 Å². The molecule has 158 valence electrons. The van der Waals surface area contributed by atoms with E-state index in [0.29, 0.717) is 31.5 Å². The van der Waals surface area contributed by atoms with Crippen LogP contribution in [0.1, 0.15) is 23.2 Å². The van der Waals surface area contributed by atoms with Crippen LogP contribution < -0.4 is 9.46 Å². The summed E-state index contributed by atoms with van der Waals surface area (Å²) in [7, 11) is -3.87. The first-order valence-electron chi connectivity index (χ1n) is 8.81. The molecule has 2 aromatic rings. The summed E-state index contributed by atoms with van der Waals surface area (Å²) in [6.45, 7) is 1.18. The maximum Gasteiger partial charge on any atom is 0.573 e. The fourth-order valence-electron chi connectivity index (χ4n) is 3.04. The van der Waals surface area contributed by atoms with Gasteiger partial charge in [0.05, 0.1) is 16.7 Å². The lowest BCUT2D eigenvalue weighted by Crippen LogP contribution is -2.41. The second kappa shape index (κ2) is 8.46. The third-order valence-corrected chi connectivity index (χ3v) is 6.04. The molecule has 2 heterocycles. The van der Waals surface area contributed by atoms with E-state index in [0.717, 1.165) is 24.3 Å². The summed E-state index contributed by atoms with van der Waals surface area (Å²) in [6, 6.07) is 5.59. The SMILES string of the molecule is O=C(c1ccoc1)N1CCC(CNS(=O)(=O)c2ccc(OC(F)(F)F)cc2)CC1. The van der Waals surface area contributed by atoms with Crippen molar-refractivity contribution in [1.29, 1.82) is 0 Å². The summed E-state index contributed by atoms with van der Waals surface area (Å²) in [5, 5.41) is 0. The monoisotopic (exact) mass is 432 g/mol. The van der Waals surface area contributed by atoms with Gasteiger partial charge in [-0.3, -0.25) is 4.79 Å². The van der Waals surface area contributed by atoms with Crippen molar-refractivity contribution in [3.05, 3.63) is 48.4 Å². The Morgan fingerprint density at radius 3 is 2.38 bits per heavy atom. The molecule has 1 amide bonds. The molecule has 0 radical (unpaired) electrons. The highest BCUT2D eigenvalue weighted by Crippen LogP contribution is 2.24. The molecular weight excluding hydrogens is 413 g/mol. The number of ether oxygens (including phenoxy) is 1. The number of hydrogen-bond donors (Lipinski definition) is 1. The lowest BCUT2D eigenvalue weighted by Gasteiger charge is -2.31. The van der Waals surface area contributed by atoms with Crippen LogP contribution in [0.15, 0.2) is 52.2 Å². The number of nitrogens with zero attached hydrogens (tertiary/aromatic N) is 1. The van der Waals surface area contributed by atoms with Gasteiger partial charge in [-0.25, -0.2) is 13.1 Å². The second-order valence-corrected chi connectivity index (χ2v) is 8.39. The number of likely N-dealkylation sites (tertiary alicyclic amines) is 1. The number of benzene rings is 1. The van der Waals surface area contributed by atoms with Crippen molar-refractivity contribution in [2.24, 2.45) is 5.92 Å². The quantitative estimate of drug-likeness (QED) is 0.758. The zero-order valence-corrected chi connectivity index (χ0v) is 16.0. The zero-order valence-electron chi connectivity index (χ0n) is 15.2. The third kappa shape index (κ3) is 5.73. The predicted molar refractivity (Wildman–Crippen MR) is 95.6 cm³/mol. The van der Waals surface area contributed by atoms with Crippen LogP contribution in [0.5, 0.6) is 5.75 Å². The molecule has 1 fully saturated rings. The van der Waals surface area contributed by atoms with E-state index in [2.05, 4.69) is 9.46 Å². The summed E-state index contributed by atoms with van der Waals surface area (Å²) in [4.78, 5) is 13.8. The number of amides is 1. The van der Waals surface area contributed by atoms with E-state index in [9.17, 15) is 26.4 Å². The minimum atomic E-state index is -4.84. The largest absolute Gasteiger partial charge is 0.573 e. The summed E-state index contributed by atoms with van der Waals surface area (Å²) in [6.07, 6.45) is -0.772. The summed E-state index contributed by atoms with van der Waals surface area (Å²) < 4.78 is 72.3. The van der Waals surface area contributed by atoms with Gasteiger partial charge in [-0.15, -0.1) is 13.2 Å². The number of furan rings is 1. The zero-order chi connectivity index (χ0) is 21.1. The molecule has 3 rings (SSSR count). The molecule has 1 N–H and O–H groups in total. The fourth-order valence-corrected chi connectivity index (χ4v) is 4.16. The third-order valence-electron chi connectivity index (χ3n) is 4.60. The normalized spacial score (nSPS) is 16.0. The van der Waals surface area contributed by atoms with Gasteiger partial charge in [0.2, 0.25) is 10.0 Å². The first-order chi connectivity index (χ1) is 13.6. The number of nitrogens with one attached hydrogen (secondary N) is 1. The number of carbonyl (C=O) groups is 1. The van der Waals surface area contributed by atoms with Crippen molar-refractivity contribution in [2.45, 2.75) is 24.1 Å². The number of rotatable bonds is 6. The molecule has 1 aliphatic heterocycles. The minimum absolute atomic E-state index is 0.0472. The maximum absolute atomic E-state index is 12.4. The number of piperidine rings is 1. The standard InChI is InChI=1S/C18H19F3N2O5S/c19-18(20,21)28-15-1-3-16(4-2-15)29(25,26)22-11-13-5-8-23(9-6-13)17(24)14-7-10-27-12-14/h1-4,7,10,12-13,22H,5-6,8-9,11H2. The molecule has 1 aliphatic rings. The predicted octanol–water partition coefficient (Wildman–Crippen LogP) is 3.01. The van der Waals surface area contributed by atoms with Crippen molar-refractivity contribution in [2.75, 3.05) is 19.6 Å². The van der Waals surface area contributed by atoms with Crippen molar-refractivity contribution in [3.8, 4) is 5.75 Å². The van der Waals surface area contributed by atoms with Crippen LogP contribution in [0.3, 0.4) is 0 Å². The van der Waals surface area contributed by atoms with E-state index in [4.69, 9.17) is 4.42 Å². The van der Waals surface area contributed by atoms with Crippen LogP contribution in [-0.2, 0) is 10.0 Å². The Hall–Kier alpha value is -2.53. The Kier molecular flexibility index (Phi) is 6.18. The van der Waals surface area contributed by atoms with Gasteiger partial charge in [-0.1, -0.05) is 0 Å². The van der Waals surface area contributed by atoms with E-state index in [1.807, 2.05) is 0 Å². The molecule has 11 heteroatoms. The van der Waals surface area contributed by atoms with Crippen LogP contribution in [0.25, 0.3) is 0 Å². The van der Waals surface area contributed by atoms with Gasteiger partial charge in [0, 0.05) is 19.6 Å². The maximum atomic E-state index is 12.4. The Labute approximate surface area is 165 Å². The van der Waals surface area contributed by atoms with E-state index in [1.165, 1.54) is 12.5 Å². The van der Waals surface area contributed by atoms with Crippen LogP contribution in [-0.4, -0.2) is 45.2 Å². The number of carbonyl (C=O) groups excluding carboxylic acids is 1. The Bertz CT molecular complexity index is 919. The molecule has 0 unspecified atom stereocenters. The van der Waals surface area contributed by atoms with Gasteiger partial charge in [0.15, 0.2) is 0 Å². The van der Waals surface area contributed by atoms with Crippen molar-refractivity contribution >= 4 is 15.9 Å². The summed E-state index contributed by atoms with van der Waals surface area (Å²) >= 11 is 0. The number of hydrogen-bond acceptors (Lipinski definition) is 5. The van der Waals surface area contributed by atoms with Gasteiger partial charge in [0.25, 0.3) is 5.91 Å². The molecule has 1 aromatic carbocycles. The van der Waals surface area contributed by atoms with Crippen LogP contribution in [0.4, 0.5) is 13.2 Å². The molecule has 0 atom stereocenters. The first kappa shape index (κ1) is 21.2.